The Kier molecular flexibility index (Phi) is 5.60. The second-order valence-electron chi connectivity index (χ2n) is 8.79. The highest BCUT2D eigenvalue weighted by Crippen LogP contribution is 2.36. The lowest BCUT2D eigenvalue weighted by atomic mass is 9.82. The minimum absolute atomic E-state index is 0.235. The molecule has 1 saturated heterocycles. The van der Waals surface area contributed by atoms with Crippen LogP contribution in [-0.2, 0) is 15.0 Å². The van der Waals surface area contributed by atoms with Crippen LogP contribution in [-0.4, -0.2) is 41.4 Å². The molecule has 2 amide bonds. The molecule has 156 valence electrons. The van der Waals surface area contributed by atoms with Crippen molar-refractivity contribution in [3.8, 4) is 0 Å². The van der Waals surface area contributed by atoms with Crippen molar-refractivity contribution in [3.63, 3.8) is 0 Å². The van der Waals surface area contributed by atoms with Gasteiger partial charge in [0.05, 0.1) is 13.1 Å². The summed E-state index contributed by atoms with van der Waals surface area (Å²) in [6.07, 6.45) is -1.59. The first-order valence-electron chi connectivity index (χ1n) is 8.76. The van der Waals surface area contributed by atoms with Gasteiger partial charge in [-0.3, -0.25) is 0 Å². The fourth-order valence-corrected chi connectivity index (χ4v) is 2.78. The van der Waals surface area contributed by atoms with E-state index in [0.717, 1.165) is 6.07 Å². The zero-order chi connectivity index (χ0) is 21.5. The standard InChI is InChI=1S/C19H25F3N2O4/c1-17(2,3)27-15(25)23-19(12-7-11(20)8-13(21)14(12)22)9-24(10-19)16(26)28-18(4,5)6/h7-8H,9-10H2,1-6H3,(H,23,25). The molecule has 0 bridgehead atoms. The number of ether oxygens (including phenoxy) is 2. The van der Waals surface area contributed by atoms with Crippen LogP contribution in [0.25, 0.3) is 0 Å². The molecule has 0 spiro atoms. The SMILES string of the molecule is CC(C)(C)OC(=O)NC1(c2cc(F)cc(F)c2F)CN(C(=O)OC(C)(C)C)C1. The number of nitrogens with zero attached hydrogens (tertiary/aromatic N) is 1. The van der Waals surface area contributed by atoms with Crippen LogP contribution in [0.15, 0.2) is 12.1 Å². The molecule has 0 atom stereocenters. The smallest absolute Gasteiger partial charge is 0.410 e. The van der Waals surface area contributed by atoms with Gasteiger partial charge in [-0.15, -0.1) is 0 Å². The van der Waals surface area contributed by atoms with Crippen molar-refractivity contribution in [1.29, 1.82) is 0 Å². The first kappa shape index (κ1) is 21.8. The summed E-state index contributed by atoms with van der Waals surface area (Å²) in [5.41, 5.74) is -3.56. The van der Waals surface area contributed by atoms with E-state index >= 15 is 0 Å². The molecule has 9 heteroatoms. The van der Waals surface area contributed by atoms with Gasteiger partial charge in [-0.2, -0.15) is 0 Å². The van der Waals surface area contributed by atoms with Gasteiger partial charge >= 0.3 is 12.2 Å². The monoisotopic (exact) mass is 402 g/mol. The van der Waals surface area contributed by atoms with Gasteiger partial charge in [0.2, 0.25) is 0 Å². The maximum atomic E-state index is 14.4. The fourth-order valence-electron chi connectivity index (χ4n) is 2.78. The number of rotatable bonds is 2. The van der Waals surface area contributed by atoms with Crippen LogP contribution in [0.2, 0.25) is 0 Å². The highest BCUT2D eigenvalue weighted by Gasteiger charge is 2.51. The van der Waals surface area contributed by atoms with Crippen LogP contribution in [0.1, 0.15) is 47.1 Å². The summed E-state index contributed by atoms with van der Waals surface area (Å²) in [6, 6.07) is 1.20. The van der Waals surface area contributed by atoms with Crippen LogP contribution in [0.5, 0.6) is 0 Å². The Morgan fingerprint density at radius 3 is 2.04 bits per heavy atom. The number of alkyl carbamates (subject to hydrolysis) is 1. The second kappa shape index (κ2) is 7.18. The first-order valence-corrected chi connectivity index (χ1v) is 8.76. The van der Waals surface area contributed by atoms with Gasteiger partial charge < -0.3 is 19.7 Å². The Hall–Kier alpha value is -2.45. The molecule has 0 aliphatic carbocycles. The van der Waals surface area contributed by atoms with E-state index in [1.807, 2.05) is 0 Å². The van der Waals surface area contributed by atoms with Crippen molar-refractivity contribution >= 4 is 12.2 Å². The summed E-state index contributed by atoms with van der Waals surface area (Å²) in [5.74, 6) is -3.70. The summed E-state index contributed by atoms with van der Waals surface area (Å²) in [4.78, 5) is 25.7. The Labute approximate surface area is 162 Å². The third-order valence-corrected chi connectivity index (χ3v) is 3.82. The predicted molar refractivity (Wildman–Crippen MR) is 95.2 cm³/mol. The molecule has 1 aliphatic heterocycles. The number of benzene rings is 1. The zero-order valence-corrected chi connectivity index (χ0v) is 16.8. The van der Waals surface area contributed by atoms with E-state index in [1.54, 1.807) is 41.5 Å². The number of carbonyl (C=O) groups is 2. The second-order valence-corrected chi connectivity index (χ2v) is 8.79. The number of carbonyl (C=O) groups excluding carboxylic acids is 2. The van der Waals surface area contributed by atoms with Crippen molar-refractivity contribution in [2.75, 3.05) is 13.1 Å². The van der Waals surface area contributed by atoms with E-state index < -0.39 is 51.9 Å². The third kappa shape index (κ3) is 5.08. The third-order valence-electron chi connectivity index (χ3n) is 3.82. The molecule has 0 unspecified atom stereocenters. The molecular weight excluding hydrogens is 377 g/mol. The van der Waals surface area contributed by atoms with Crippen molar-refractivity contribution in [2.24, 2.45) is 0 Å². The molecule has 0 aromatic heterocycles. The molecule has 1 aromatic rings. The Bertz CT molecular complexity index is 779. The normalized spacial score (nSPS) is 16.2. The molecular formula is C19H25F3N2O4. The van der Waals surface area contributed by atoms with E-state index in [1.165, 1.54) is 4.90 Å². The summed E-state index contributed by atoms with van der Waals surface area (Å²) in [5, 5.41) is 2.46. The van der Waals surface area contributed by atoms with E-state index in [4.69, 9.17) is 9.47 Å². The number of halogens is 3. The summed E-state index contributed by atoms with van der Waals surface area (Å²) in [6.45, 7) is 9.47. The summed E-state index contributed by atoms with van der Waals surface area (Å²) >= 11 is 0. The molecule has 1 N–H and O–H groups in total. The number of hydrogen-bond acceptors (Lipinski definition) is 4. The highest BCUT2D eigenvalue weighted by molar-refractivity contribution is 5.73. The highest BCUT2D eigenvalue weighted by atomic mass is 19.2. The van der Waals surface area contributed by atoms with Crippen molar-refractivity contribution in [1.82, 2.24) is 10.2 Å². The molecule has 0 radical (unpaired) electrons. The van der Waals surface area contributed by atoms with Gasteiger partial charge in [0, 0.05) is 11.6 Å². The summed E-state index contributed by atoms with van der Waals surface area (Å²) in [7, 11) is 0. The Balaban J connectivity index is 2.32. The fraction of sp³-hybridized carbons (Fsp3) is 0.579. The minimum atomic E-state index is -1.55. The molecule has 2 rings (SSSR count). The Morgan fingerprint density at radius 2 is 1.54 bits per heavy atom. The van der Waals surface area contributed by atoms with E-state index in [2.05, 4.69) is 5.32 Å². The molecule has 6 nitrogen and oxygen atoms in total. The van der Waals surface area contributed by atoms with E-state index in [9.17, 15) is 22.8 Å². The van der Waals surface area contributed by atoms with Crippen molar-refractivity contribution in [2.45, 2.75) is 58.3 Å². The molecule has 1 heterocycles. The number of amides is 2. The number of nitrogens with one attached hydrogen (secondary N) is 1. The van der Waals surface area contributed by atoms with Crippen LogP contribution in [0, 0.1) is 17.5 Å². The molecule has 1 fully saturated rings. The van der Waals surface area contributed by atoms with Gasteiger partial charge in [0.1, 0.15) is 22.6 Å². The van der Waals surface area contributed by atoms with Gasteiger partial charge in [-0.1, -0.05) is 0 Å². The maximum absolute atomic E-state index is 14.4. The Morgan fingerprint density at radius 1 is 1.00 bits per heavy atom. The first-order chi connectivity index (χ1) is 12.6. The zero-order valence-electron chi connectivity index (χ0n) is 16.8. The lowest BCUT2D eigenvalue weighted by Gasteiger charge is -2.50. The van der Waals surface area contributed by atoms with Gasteiger partial charge in [-0.25, -0.2) is 22.8 Å². The molecule has 28 heavy (non-hydrogen) atoms. The van der Waals surface area contributed by atoms with Crippen molar-refractivity contribution < 1.29 is 32.2 Å². The lowest BCUT2D eigenvalue weighted by Crippen LogP contribution is -2.69. The van der Waals surface area contributed by atoms with E-state index in [0.29, 0.717) is 6.07 Å². The van der Waals surface area contributed by atoms with Gasteiger partial charge in [-0.05, 0) is 47.6 Å². The average molecular weight is 402 g/mol. The van der Waals surface area contributed by atoms with E-state index in [-0.39, 0.29) is 13.1 Å². The van der Waals surface area contributed by atoms with Crippen LogP contribution < -0.4 is 5.32 Å². The minimum Gasteiger partial charge on any atom is -0.444 e. The van der Waals surface area contributed by atoms with Crippen LogP contribution in [0.3, 0.4) is 0 Å². The van der Waals surface area contributed by atoms with Crippen LogP contribution in [0.4, 0.5) is 22.8 Å². The molecule has 0 saturated carbocycles. The largest absolute Gasteiger partial charge is 0.444 e. The molecule has 1 aromatic carbocycles. The predicted octanol–water partition coefficient (Wildman–Crippen LogP) is 4.07. The lowest BCUT2D eigenvalue weighted by molar-refractivity contribution is -0.0240. The quantitative estimate of drug-likeness (QED) is 0.757. The van der Waals surface area contributed by atoms with Gasteiger partial charge in [0.25, 0.3) is 0 Å². The van der Waals surface area contributed by atoms with Gasteiger partial charge in [0.15, 0.2) is 11.6 Å². The average Bonchev–Trinajstić information content (AvgIpc) is 2.42. The number of likely N-dealkylation sites (tertiary alicyclic amines) is 1. The topological polar surface area (TPSA) is 67.9 Å². The molecule has 1 aliphatic rings. The van der Waals surface area contributed by atoms with Crippen LogP contribution >= 0.6 is 0 Å². The van der Waals surface area contributed by atoms with Crippen molar-refractivity contribution in [3.05, 3.63) is 35.1 Å². The maximum Gasteiger partial charge on any atom is 0.410 e. The summed E-state index contributed by atoms with van der Waals surface area (Å²) < 4.78 is 52.3. The number of hydrogen-bond donors (Lipinski definition) is 1.